The van der Waals surface area contributed by atoms with Gasteiger partial charge in [-0.1, -0.05) is 23.7 Å². The van der Waals surface area contributed by atoms with Gasteiger partial charge in [0.1, 0.15) is 17.2 Å². The van der Waals surface area contributed by atoms with Crippen LogP contribution in [0.15, 0.2) is 52.8 Å². The molecule has 2 heterocycles. The molecule has 0 bridgehead atoms. The Kier molecular flexibility index (Phi) is 4.66. The van der Waals surface area contributed by atoms with E-state index in [0.717, 1.165) is 17.8 Å². The highest BCUT2D eigenvalue weighted by molar-refractivity contribution is 7.14. The number of hydrogen-bond donors (Lipinski definition) is 2. The number of hydrogen-bond acceptors (Lipinski definition) is 4. The van der Waals surface area contributed by atoms with Gasteiger partial charge in [0.05, 0.1) is 16.6 Å². The van der Waals surface area contributed by atoms with Gasteiger partial charge in [-0.2, -0.15) is 0 Å². The number of anilines is 1. The molecule has 0 radical (unpaired) electrons. The SMILES string of the molecule is O=C(Nc1nc(-c2ccc(Cl)cc2)cs1)c1c[nH]c2cc(F)cc(F)c2c1=O. The van der Waals surface area contributed by atoms with Gasteiger partial charge in [0.2, 0.25) is 5.43 Å². The van der Waals surface area contributed by atoms with Crippen LogP contribution in [0.2, 0.25) is 5.02 Å². The van der Waals surface area contributed by atoms with Crippen molar-refractivity contribution >= 4 is 44.9 Å². The number of pyridine rings is 1. The standard InChI is InChI=1S/C19H10ClF2N3O2S/c20-10-3-1-9(2-4-10)15-8-28-19(24-15)25-18(27)12-7-23-14-6-11(21)5-13(22)16(14)17(12)26/h1-8H,(H,23,26)(H,24,25,27). The lowest BCUT2D eigenvalue weighted by Gasteiger charge is -2.04. The van der Waals surface area contributed by atoms with Gasteiger partial charge in [-0.3, -0.25) is 14.9 Å². The minimum atomic E-state index is -1.04. The van der Waals surface area contributed by atoms with Gasteiger partial charge in [-0.15, -0.1) is 11.3 Å². The molecule has 0 aliphatic rings. The highest BCUT2D eigenvalue weighted by atomic mass is 35.5. The van der Waals surface area contributed by atoms with Crippen molar-refractivity contribution in [1.82, 2.24) is 9.97 Å². The van der Waals surface area contributed by atoms with Gasteiger partial charge in [0.25, 0.3) is 5.91 Å². The van der Waals surface area contributed by atoms with E-state index in [0.29, 0.717) is 16.8 Å². The average Bonchev–Trinajstić information content (AvgIpc) is 3.10. The number of H-pyrrole nitrogens is 1. The van der Waals surface area contributed by atoms with Crippen molar-refractivity contribution < 1.29 is 13.6 Å². The number of rotatable bonds is 3. The van der Waals surface area contributed by atoms with Crippen LogP contribution in [0.4, 0.5) is 13.9 Å². The third-order valence-corrected chi connectivity index (χ3v) is 5.02. The molecule has 4 rings (SSSR count). The summed E-state index contributed by atoms with van der Waals surface area (Å²) in [6.07, 6.45) is 1.12. The first-order valence-corrected chi connectivity index (χ1v) is 9.21. The number of carbonyl (C=O) groups is 1. The summed E-state index contributed by atoms with van der Waals surface area (Å²) in [5.41, 5.74) is 0.275. The Bertz CT molecular complexity index is 1270. The van der Waals surface area contributed by atoms with E-state index < -0.39 is 23.0 Å². The molecule has 140 valence electrons. The zero-order chi connectivity index (χ0) is 19.8. The van der Waals surface area contributed by atoms with E-state index in [4.69, 9.17) is 11.6 Å². The van der Waals surface area contributed by atoms with Crippen LogP contribution in [0.1, 0.15) is 10.4 Å². The number of nitrogens with zero attached hydrogens (tertiary/aromatic N) is 1. The first-order chi connectivity index (χ1) is 13.4. The maximum atomic E-state index is 14.0. The molecular weight excluding hydrogens is 408 g/mol. The van der Waals surface area contributed by atoms with Gasteiger partial charge < -0.3 is 4.98 Å². The predicted octanol–water partition coefficient (Wildman–Crippen LogP) is 4.84. The van der Waals surface area contributed by atoms with Crippen LogP contribution in [0.3, 0.4) is 0 Å². The lowest BCUT2D eigenvalue weighted by atomic mass is 10.1. The molecule has 2 N–H and O–H groups in total. The van der Waals surface area contributed by atoms with E-state index in [1.54, 1.807) is 29.6 Å². The van der Waals surface area contributed by atoms with Crippen LogP contribution < -0.4 is 10.7 Å². The molecule has 0 saturated heterocycles. The Hall–Kier alpha value is -3.10. The molecule has 9 heteroatoms. The van der Waals surface area contributed by atoms with Gasteiger partial charge in [0.15, 0.2) is 5.13 Å². The van der Waals surface area contributed by atoms with E-state index in [9.17, 15) is 18.4 Å². The van der Waals surface area contributed by atoms with E-state index in [-0.39, 0.29) is 21.6 Å². The van der Waals surface area contributed by atoms with Crippen LogP contribution in [0.5, 0.6) is 0 Å². The zero-order valence-electron chi connectivity index (χ0n) is 13.9. The highest BCUT2D eigenvalue weighted by Gasteiger charge is 2.18. The molecule has 0 spiro atoms. The molecule has 1 amide bonds. The number of carbonyl (C=O) groups excluding carboxylic acids is 1. The molecule has 5 nitrogen and oxygen atoms in total. The number of aromatic nitrogens is 2. The largest absolute Gasteiger partial charge is 0.360 e. The number of thiazole rings is 1. The maximum absolute atomic E-state index is 14.0. The number of amides is 1. The Morgan fingerprint density at radius 3 is 2.68 bits per heavy atom. The zero-order valence-corrected chi connectivity index (χ0v) is 15.5. The molecule has 0 atom stereocenters. The summed E-state index contributed by atoms with van der Waals surface area (Å²) in [5, 5.41) is 4.75. The Morgan fingerprint density at radius 1 is 1.18 bits per heavy atom. The summed E-state index contributed by atoms with van der Waals surface area (Å²) in [4.78, 5) is 31.8. The molecule has 2 aromatic heterocycles. The number of aromatic amines is 1. The Labute approximate surface area is 165 Å². The molecule has 28 heavy (non-hydrogen) atoms. The van der Waals surface area contributed by atoms with Gasteiger partial charge in [0, 0.05) is 28.2 Å². The first-order valence-electron chi connectivity index (χ1n) is 7.95. The van der Waals surface area contributed by atoms with Crippen molar-refractivity contribution in [1.29, 1.82) is 0 Å². The monoisotopic (exact) mass is 417 g/mol. The van der Waals surface area contributed by atoms with Gasteiger partial charge >= 0.3 is 0 Å². The second-order valence-corrected chi connectivity index (χ2v) is 7.14. The second kappa shape index (κ2) is 7.14. The third kappa shape index (κ3) is 3.39. The lowest BCUT2D eigenvalue weighted by molar-refractivity contribution is 0.102. The topological polar surface area (TPSA) is 74.8 Å². The summed E-state index contributed by atoms with van der Waals surface area (Å²) < 4.78 is 27.3. The summed E-state index contributed by atoms with van der Waals surface area (Å²) in [7, 11) is 0. The minimum absolute atomic E-state index is 0.0293. The quantitative estimate of drug-likeness (QED) is 0.501. The van der Waals surface area contributed by atoms with Crippen molar-refractivity contribution in [3.8, 4) is 11.3 Å². The maximum Gasteiger partial charge on any atom is 0.262 e. The fourth-order valence-electron chi connectivity index (χ4n) is 2.69. The van der Waals surface area contributed by atoms with Gasteiger partial charge in [-0.25, -0.2) is 13.8 Å². The van der Waals surface area contributed by atoms with Crippen molar-refractivity contribution in [3.05, 3.63) is 80.4 Å². The number of benzene rings is 2. The van der Waals surface area contributed by atoms with Crippen molar-refractivity contribution in [2.45, 2.75) is 0 Å². The van der Waals surface area contributed by atoms with Crippen LogP contribution in [-0.2, 0) is 0 Å². The van der Waals surface area contributed by atoms with Crippen molar-refractivity contribution in [2.24, 2.45) is 0 Å². The smallest absolute Gasteiger partial charge is 0.262 e. The minimum Gasteiger partial charge on any atom is -0.360 e. The number of halogens is 3. The van der Waals surface area contributed by atoms with Crippen molar-refractivity contribution in [3.63, 3.8) is 0 Å². The number of nitrogens with one attached hydrogen (secondary N) is 2. The van der Waals surface area contributed by atoms with E-state index in [1.807, 2.05) is 0 Å². The van der Waals surface area contributed by atoms with Crippen LogP contribution in [0, 0.1) is 11.6 Å². The Balaban J connectivity index is 1.63. The van der Waals surface area contributed by atoms with Gasteiger partial charge in [-0.05, 0) is 18.2 Å². The van der Waals surface area contributed by atoms with E-state index in [1.165, 1.54) is 11.3 Å². The fraction of sp³-hybridized carbons (Fsp3) is 0. The van der Waals surface area contributed by atoms with Crippen LogP contribution in [-0.4, -0.2) is 15.9 Å². The summed E-state index contributed by atoms with van der Waals surface area (Å²) in [6, 6.07) is 8.61. The average molecular weight is 418 g/mol. The van der Waals surface area contributed by atoms with Crippen LogP contribution in [0.25, 0.3) is 22.2 Å². The lowest BCUT2D eigenvalue weighted by Crippen LogP contribution is -2.22. The summed E-state index contributed by atoms with van der Waals surface area (Å²) in [6.45, 7) is 0. The first kappa shape index (κ1) is 18.3. The van der Waals surface area contributed by atoms with Crippen molar-refractivity contribution in [2.75, 3.05) is 5.32 Å². The molecular formula is C19H10ClF2N3O2S. The molecule has 0 aliphatic carbocycles. The molecule has 0 aliphatic heterocycles. The van der Waals surface area contributed by atoms with Crippen LogP contribution >= 0.6 is 22.9 Å². The second-order valence-electron chi connectivity index (χ2n) is 5.84. The normalized spacial score (nSPS) is 11.0. The summed E-state index contributed by atoms with van der Waals surface area (Å²) in [5.74, 6) is -2.61. The molecule has 0 fully saturated rings. The predicted molar refractivity (Wildman–Crippen MR) is 105 cm³/mol. The van der Waals surface area contributed by atoms with E-state index in [2.05, 4.69) is 15.3 Å². The molecule has 2 aromatic carbocycles. The molecule has 0 unspecified atom stereocenters. The number of fused-ring (bicyclic) bond motifs is 1. The molecule has 0 saturated carbocycles. The Morgan fingerprint density at radius 2 is 1.93 bits per heavy atom. The summed E-state index contributed by atoms with van der Waals surface area (Å²) >= 11 is 7.04. The molecule has 4 aromatic rings. The third-order valence-electron chi connectivity index (χ3n) is 4.01. The highest BCUT2D eigenvalue weighted by Crippen LogP contribution is 2.26. The fourth-order valence-corrected chi connectivity index (χ4v) is 3.53. The van der Waals surface area contributed by atoms with E-state index >= 15 is 0 Å².